The number of benzene rings is 1. The molecular weight excluding hydrogens is 400 g/mol. The van der Waals surface area contributed by atoms with Gasteiger partial charge < -0.3 is 4.90 Å². The standard InChI is InChI=1S/C23H21ClN4S/c24-23-26-21(20-18-10-6-11-19(18)29-22(20)27-23)28(15-16-7-2-1-3-8-16)14-12-17-9-4-5-13-25-17/h1-5,7-9,13H,6,10-12,14-15H2. The van der Waals surface area contributed by atoms with E-state index in [1.165, 1.54) is 27.8 Å². The van der Waals surface area contributed by atoms with E-state index < -0.39 is 0 Å². The van der Waals surface area contributed by atoms with Crippen LogP contribution in [0, 0.1) is 0 Å². The molecule has 5 rings (SSSR count). The third-order valence-corrected chi connectivity index (χ3v) is 6.75. The zero-order valence-electron chi connectivity index (χ0n) is 16.0. The van der Waals surface area contributed by atoms with E-state index in [9.17, 15) is 0 Å². The average Bonchev–Trinajstić information content (AvgIpc) is 3.33. The van der Waals surface area contributed by atoms with Gasteiger partial charge in [0.05, 0.1) is 5.39 Å². The Morgan fingerprint density at radius 2 is 1.86 bits per heavy atom. The number of pyridine rings is 1. The van der Waals surface area contributed by atoms with E-state index in [1.54, 1.807) is 11.3 Å². The van der Waals surface area contributed by atoms with Crippen LogP contribution in [0.3, 0.4) is 0 Å². The minimum Gasteiger partial charge on any atom is -0.351 e. The summed E-state index contributed by atoms with van der Waals surface area (Å²) < 4.78 is 0. The molecule has 0 amide bonds. The molecule has 1 aromatic carbocycles. The van der Waals surface area contributed by atoms with Crippen molar-refractivity contribution < 1.29 is 0 Å². The van der Waals surface area contributed by atoms with Gasteiger partial charge in [-0.15, -0.1) is 11.3 Å². The van der Waals surface area contributed by atoms with Crippen LogP contribution >= 0.6 is 22.9 Å². The molecule has 0 unspecified atom stereocenters. The molecular formula is C23H21ClN4S. The summed E-state index contributed by atoms with van der Waals surface area (Å²) in [5.74, 6) is 0.958. The molecule has 6 heteroatoms. The lowest BCUT2D eigenvalue weighted by atomic mass is 10.1. The second kappa shape index (κ2) is 8.09. The summed E-state index contributed by atoms with van der Waals surface area (Å²) in [6.07, 6.45) is 6.16. The third kappa shape index (κ3) is 3.85. The number of fused-ring (bicyclic) bond motifs is 3. The summed E-state index contributed by atoms with van der Waals surface area (Å²) in [6.45, 7) is 1.60. The quantitative estimate of drug-likeness (QED) is 0.387. The van der Waals surface area contributed by atoms with E-state index >= 15 is 0 Å². The largest absolute Gasteiger partial charge is 0.351 e. The number of aromatic nitrogens is 3. The highest BCUT2D eigenvalue weighted by atomic mass is 35.5. The number of aryl methyl sites for hydroxylation is 2. The smallest absolute Gasteiger partial charge is 0.225 e. The van der Waals surface area contributed by atoms with Crippen molar-refractivity contribution in [2.75, 3.05) is 11.4 Å². The monoisotopic (exact) mass is 420 g/mol. The Morgan fingerprint density at radius 3 is 2.69 bits per heavy atom. The fourth-order valence-electron chi connectivity index (χ4n) is 4.04. The highest BCUT2D eigenvalue weighted by Crippen LogP contribution is 2.41. The Morgan fingerprint density at radius 1 is 1.00 bits per heavy atom. The SMILES string of the molecule is Clc1nc(N(CCc2ccccn2)Cc2ccccc2)c2c3c(sc2n1)CCC3. The zero-order chi connectivity index (χ0) is 19.6. The Bertz CT molecular complexity index is 1130. The van der Waals surface area contributed by atoms with Crippen LogP contribution in [0.15, 0.2) is 54.7 Å². The van der Waals surface area contributed by atoms with E-state index in [-0.39, 0.29) is 0 Å². The number of anilines is 1. The number of halogens is 1. The molecule has 0 saturated carbocycles. The first-order valence-electron chi connectivity index (χ1n) is 9.94. The number of nitrogens with zero attached hydrogens (tertiary/aromatic N) is 4. The van der Waals surface area contributed by atoms with E-state index in [4.69, 9.17) is 16.6 Å². The number of thiophene rings is 1. The molecule has 4 aromatic rings. The van der Waals surface area contributed by atoms with Crippen molar-refractivity contribution in [2.45, 2.75) is 32.2 Å². The summed E-state index contributed by atoms with van der Waals surface area (Å²) >= 11 is 8.13. The third-order valence-electron chi connectivity index (χ3n) is 5.40. The maximum atomic E-state index is 6.36. The van der Waals surface area contributed by atoms with E-state index in [0.29, 0.717) is 5.28 Å². The molecule has 1 aliphatic carbocycles. The van der Waals surface area contributed by atoms with Gasteiger partial charge in [-0.2, -0.15) is 4.98 Å². The fraction of sp³-hybridized carbons (Fsp3) is 0.261. The summed E-state index contributed by atoms with van der Waals surface area (Å²) in [7, 11) is 0. The van der Waals surface area contributed by atoms with Gasteiger partial charge in [0, 0.05) is 36.3 Å². The normalized spacial score (nSPS) is 13.0. The summed E-state index contributed by atoms with van der Waals surface area (Å²) in [5, 5.41) is 1.52. The zero-order valence-corrected chi connectivity index (χ0v) is 17.6. The van der Waals surface area contributed by atoms with Crippen molar-refractivity contribution in [3.8, 4) is 0 Å². The van der Waals surface area contributed by atoms with Crippen molar-refractivity contribution in [1.82, 2.24) is 15.0 Å². The molecule has 29 heavy (non-hydrogen) atoms. The lowest BCUT2D eigenvalue weighted by Crippen LogP contribution is -2.27. The summed E-state index contributed by atoms with van der Waals surface area (Å²) in [5.41, 5.74) is 3.76. The van der Waals surface area contributed by atoms with Crippen LogP contribution in [0.25, 0.3) is 10.2 Å². The highest BCUT2D eigenvalue weighted by molar-refractivity contribution is 7.19. The molecule has 0 atom stereocenters. The van der Waals surface area contributed by atoms with E-state index in [0.717, 1.165) is 48.7 Å². The minimum atomic E-state index is 0.323. The van der Waals surface area contributed by atoms with Gasteiger partial charge in [-0.3, -0.25) is 4.98 Å². The van der Waals surface area contributed by atoms with Crippen molar-refractivity contribution in [3.63, 3.8) is 0 Å². The van der Waals surface area contributed by atoms with E-state index in [1.807, 2.05) is 24.4 Å². The Hall–Kier alpha value is -2.50. The van der Waals surface area contributed by atoms with Crippen molar-refractivity contribution in [1.29, 1.82) is 0 Å². The van der Waals surface area contributed by atoms with Crippen molar-refractivity contribution >= 4 is 39.0 Å². The van der Waals surface area contributed by atoms with Crippen LogP contribution in [0.4, 0.5) is 5.82 Å². The van der Waals surface area contributed by atoms with Gasteiger partial charge in [-0.05, 0) is 54.1 Å². The molecule has 3 heterocycles. The predicted octanol–water partition coefficient (Wildman–Crippen LogP) is 5.48. The van der Waals surface area contributed by atoms with Gasteiger partial charge in [0.25, 0.3) is 0 Å². The van der Waals surface area contributed by atoms with Crippen LogP contribution in [-0.4, -0.2) is 21.5 Å². The maximum Gasteiger partial charge on any atom is 0.225 e. The first-order valence-corrected chi connectivity index (χ1v) is 11.1. The molecule has 0 aliphatic heterocycles. The molecule has 0 bridgehead atoms. The Labute approximate surface area is 179 Å². The minimum absolute atomic E-state index is 0.323. The van der Waals surface area contributed by atoms with Gasteiger partial charge in [-0.25, -0.2) is 4.98 Å². The lowest BCUT2D eigenvalue weighted by molar-refractivity contribution is 0.760. The second-order valence-corrected chi connectivity index (χ2v) is 8.75. The average molecular weight is 421 g/mol. The van der Waals surface area contributed by atoms with Gasteiger partial charge in [0.15, 0.2) is 0 Å². The van der Waals surface area contributed by atoms with Gasteiger partial charge in [-0.1, -0.05) is 36.4 Å². The lowest BCUT2D eigenvalue weighted by Gasteiger charge is -2.25. The molecule has 0 N–H and O–H groups in total. The molecule has 1 aliphatic rings. The molecule has 0 saturated heterocycles. The Balaban J connectivity index is 1.56. The predicted molar refractivity (Wildman–Crippen MR) is 120 cm³/mol. The van der Waals surface area contributed by atoms with Gasteiger partial charge in [0.1, 0.15) is 10.6 Å². The number of hydrogen-bond donors (Lipinski definition) is 0. The maximum absolute atomic E-state index is 6.36. The van der Waals surface area contributed by atoms with Crippen LogP contribution in [-0.2, 0) is 25.8 Å². The van der Waals surface area contributed by atoms with Gasteiger partial charge >= 0.3 is 0 Å². The highest BCUT2D eigenvalue weighted by Gasteiger charge is 2.24. The van der Waals surface area contributed by atoms with Crippen LogP contribution in [0.5, 0.6) is 0 Å². The molecule has 3 aromatic heterocycles. The van der Waals surface area contributed by atoms with Crippen LogP contribution in [0.1, 0.15) is 28.1 Å². The van der Waals surface area contributed by atoms with E-state index in [2.05, 4.69) is 45.2 Å². The molecule has 146 valence electrons. The van der Waals surface area contributed by atoms with Crippen LogP contribution < -0.4 is 4.90 Å². The first kappa shape index (κ1) is 18.5. The second-order valence-electron chi connectivity index (χ2n) is 7.33. The van der Waals surface area contributed by atoms with Crippen molar-refractivity contribution in [2.24, 2.45) is 0 Å². The molecule has 0 fully saturated rings. The number of hydrogen-bond acceptors (Lipinski definition) is 5. The summed E-state index contributed by atoms with van der Waals surface area (Å²) in [6, 6.07) is 16.6. The summed E-state index contributed by atoms with van der Waals surface area (Å²) in [4.78, 5) is 18.6. The molecule has 0 spiro atoms. The topological polar surface area (TPSA) is 41.9 Å². The van der Waals surface area contributed by atoms with Crippen LogP contribution in [0.2, 0.25) is 5.28 Å². The molecule has 4 nitrogen and oxygen atoms in total. The van der Waals surface area contributed by atoms with Crippen molar-refractivity contribution in [3.05, 3.63) is 81.7 Å². The van der Waals surface area contributed by atoms with Gasteiger partial charge in [0.2, 0.25) is 5.28 Å². The molecule has 0 radical (unpaired) electrons. The Kier molecular flexibility index (Phi) is 5.17. The first-order chi connectivity index (χ1) is 14.3. The number of rotatable bonds is 6. The fourth-order valence-corrected chi connectivity index (χ4v) is 5.51.